The van der Waals surface area contributed by atoms with E-state index in [1.165, 1.54) is 0 Å². The zero-order valence-corrected chi connectivity index (χ0v) is 9.79. The van der Waals surface area contributed by atoms with Crippen molar-refractivity contribution in [1.82, 2.24) is 0 Å². The molecule has 0 bridgehead atoms. The van der Waals surface area contributed by atoms with Crippen molar-refractivity contribution in [3.63, 3.8) is 0 Å². The molecule has 0 saturated carbocycles. The Hall–Kier alpha value is -0.340. The van der Waals surface area contributed by atoms with Crippen LogP contribution in [0.15, 0.2) is 12.7 Å². The van der Waals surface area contributed by atoms with Gasteiger partial charge in [0, 0.05) is 7.11 Å². The normalized spacial score (nSPS) is 15.1. The lowest BCUT2D eigenvalue weighted by atomic mass is 9.98. The summed E-state index contributed by atoms with van der Waals surface area (Å²) >= 11 is 0. The Morgan fingerprint density at radius 1 is 1.43 bits per heavy atom. The highest BCUT2D eigenvalue weighted by atomic mass is 16.7. The van der Waals surface area contributed by atoms with Crippen molar-refractivity contribution in [1.29, 1.82) is 0 Å². The molecule has 0 fully saturated rings. The predicted molar refractivity (Wildman–Crippen MR) is 60.3 cm³/mol. The molecule has 0 aromatic heterocycles. The highest BCUT2D eigenvalue weighted by Gasteiger charge is 2.11. The Balaban J connectivity index is 3.75. The lowest BCUT2D eigenvalue weighted by molar-refractivity contribution is -0.0803. The summed E-state index contributed by atoms with van der Waals surface area (Å²) < 4.78 is 10.5. The first-order chi connectivity index (χ1) is 6.74. The topological polar surface area (TPSA) is 18.5 Å². The van der Waals surface area contributed by atoms with Crippen LogP contribution < -0.4 is 0 Å². The van der Waals surface area contributed by atoms with E-state index in [1.54, 1.807) is 7.11 Å². The molecule has 0 aliphatic carbocycles. The van der Waals surface area contributed by atoms with E-state index in [9.17, 15) is 0 Å². The Kier molecular flexibility index (Phi) is 9.00. The Morgan fingerprint density at radius 2 is 2.14 bits per heavy atom. The van der Waals surface area contributed by atoms with Gasteiger partial charge in [0.1, 0.15) is 6.79 Å². The lowest BCUT2D eigenvalue weighted by Gasteiger charge is -2.19. The van der Waals surface area contributed by atoms with E-state index in [1.807, 2.05) is 6.08 Å². The zero-order valence-electron chi connectivity index (χ0n) is 9.79. The van der Waals surface area contributed by atoms with Gasteiger partial charge in [-0.1, -0.05) is 26.3 Å². The van der Waals surface area contributed by atoms with Crippen molar-refractivity contribution in [3.05, 3.63) is 12.7 Å². The van der Waals surface area contributed by atoms with E-state index >= 15 is 0 Å². The fourth-order valence-electron chi connectivity index (χ4n) is 1.58. The van der Waals surface area contributed by atoms with Crippen molar-refractivity contribution in [2.45, 2.75) is 45.6 Å². The number of rotatable bonds is 9. The van der Waals surface area contributed by atoms with Crippen molar-refractivity contribution >= 4 is 0 Å². The van der Waals surface area contributed by atoms with Gasteiger partial charge in [-0.25, -0.2) is 0 Å². The maximum Gasteiger partial charge on any atom is 0.146 e. The van der Waals surface area contributed by atoms with E-state index in [0.29, 0.717) is 18.8 Å². The quantitative estimate of drug-likeness (QED) is 0.419. The highest BCUT2D eigenvalue weighted by Crippen LogP contribution is 2.16. The minimum atomic E-state index is 0.342. The molecule has 0 aliphatic heterocycles. The van der Waals surface area contributed by atoms with Gasteiger partial charge >= 0.3 is 0 Å². The fourth-order valence-corrected chi connectivity index (χ4v) is 1.58. The van der Waals surface area contributed by atoms with Crippen LogP contribution in [0.25, 0.3) is 0 Å². The molecular weight excluding hydrogens is 176 g/mol. The van der Waals surface area contributed by atoms with E-state index < -0.39 is 0 Å². The second-order valence-corrected chi connectivity index (χ2v) is 3.85. The fraction of sp³-hybridized carbons (Fsp3) is 0.833. The van der Waals surface area contributed by atoms with Crippen LogP contribution in [0.1, 0.15) is 39.5 Å². The van der Waals surface area contributed by atoms with Crippen LogP contribution in [0.2, 0.25) is 0 Å². The second kappa shape index (κ2) is 9.22. The first-order valence-corrected chi connectivity index (χ1v) is 5.46. The van der Waals surface area contributed by atoms with Gasteiger partial charge in [-0.05, 0) is 25.2 Å². The molecule has 2 heteroatoms. The van der Waals surface area contributed by atoms with Crippen molar-refractivity contribution in [3.8, 4) is 0 Å². The van der Waals surface area contributed by atoms with Crippen LogP contribution in [0, 0.1) is 5.92 Å². The summed E-state index contributed by atoms with van der Waals surface area (Å²) in [7, 11) is 1.66. The summed E-state index contributed by atoms with van der Waals surface area (Å²) in [5.41, 5.74) is 0. The first-order valence-electron chi connectivity index (χ1n) is 5.46. The Morgan fingerprint density at radius 3 is 2.64 bits per heavy atom. The van der Waals surface area contributed by atoms with E-state index in [0.717, 1.165) is 25.7 Å². The Labute approximate surface area is 88.3 Å². The maximum absolute atomic E-state index is 5.59. The molecule has 0 N–H and O–H groups in total. The minimum Gasteiger partial charge on any atom is -0.359 e. The summed E-state index contributed by atoms with van der Waals surface area (Å²) in [5.74, 6) is 0.654. The standard InChI is InChI=1S/C12H24O2/c1-5-7-11(3)9-12(8-6-2)14-10-13-4/h5,11-12H,1,6-10H2,2-4H3/t11-,12-/m0/s1. The third-order valence-corrected chi connectivity index (χ3v) is 2.27. The molecule has 0 aliphatic rings. The van der Waals surface area contributed by atoms with Crippen LogP contribution in [-0.4, -0.2) is 20.0 Å². The van der Waals surface area contributed by atoms with Crippen LogP contribution in [0.5, 0.6) is 0 Å². The monoisotopic (exact) mass is 200 g/mol. The third-order valence-electron chi connectivity index (χ3n) is 2.27. The number of hydrogen-bond donors (Lipinski definition) is 0. The van der Waals surface area contributed by atoms with Gasteiger partial charge in [0.05, 0.1) is 6.10 Å². The van der Waals surface area contributed by atoms with Crippen LogP contribution in [-0.2, 0) is 9.47 Å². The molecule has 0 amide bonds. The number of allylic oxidation sites excluding steroid dienone is 1. The minimum absolute atomic E-state index is 0.342. The van der Waals surface area contributed by atoms with Crippen molar-refractivity contribution < 1.29 is 9.47 Å². The molecule has 0 aromatic rings. The van der Waals surface area contributed by atoms with Gasteiger partial charge in [0.15, 0.2) is 0 Å². The molecule has 2 nitrogen and oxygen atoms in total. The van der Waals surface area contributed by atoms with E-state index in [2.05, 4.69) is 20.4 Å². The smallest absolute Gasteiger partial charge is 0.146 e. The molecule has 0 saturated heterocycles. The average Bonchev–Trinajstić information content (AvgIpc) is 2.15. The molecule has 14 heavy (non-hydrogen) atoms. The average molecular weight is 200 g/mol. The van der Waals surface area contributed by atoms with Gasteiger partial charge < -0.3 is 9.47 Å². The molecule has 0 rings (SSSR count). The van der Waals surface area contributed by atoms with Gasteiger partial charge in [-0.2, -0.15) is 0 Å². The second-order valence-electron chi connectivity index (χ2n) is 3.85. The molecule has 0 unspecified atom stereocenters. The van der Waals surface area contributed by atoms with Gasteiger partial charge in [-0.15, -0.1) is 6.58 Å². The molecule has 0 heterocycles. The number of ether oxygens (including phenoxy) is 2. The van der Waals surface area contributed by atoms with E-state index in [4.69, 9.17) is 9.47 Å². The SMILES string of the molecule is C=CC[C@H](C)C[C@H](CCC)OCOC. The molecule has 84 valence electrons. The summed E-state index contributed by atoms with van der Waals surface area (Å²) in [5, 5.41) is 0. The Bertz CT molecular complexity index is 134. The summed E-state index contributed by atoms with van der Waals surface area (Å²) in [6.07, 6.45) is 6.76. The first kappa shape index (κ1) is 13.7. The molecule has 2 atom stereocenters. The molecular formula is C12H24O2. The van der Waals surface area contributed by atoms with Crippen molar-refractivity contribution in [2.75, 3.05) is 13.9 Å². The summed E-state index contributed by atoms with van der Waals surface area (Å²) in [4.78, 5) is 0. The van der Waals surface area contributed by atoms with Gasteiger partial charge in [-0.3, -0.25) is 0 Å². The predicted octanol–water partition coefficient (Wildman–Crippen LogP) is 3.38. The molecule has 0 aromatic carbocycles. The third kappa shape index (κ3) is 7.10. The lowest BCUT2D eigenvalue weighted by Crippen LogP contribution is -2.17. The van der Waals surface area contributed by atoms with Crippen molar-refractivity contribution in [2.24, 2.45) is 5.92 Å². The summed E-state index contributed by atoms with van der Waals surface area (Å²) in [6, 6.07) is 0. The largest absolute Gasteiger partial charge is 0.359 e. The molecule has 0 radical (unpaired) electrons. The van der Waals surface area contributed by atoms with Gasteiger partial charge in [0.25, 0.3) is 0 Å². The van der Waals surface area contributed by atoms with E-state index in [-0.39, 0.29) is 0 Å². The van der Waals surface area contributed by atoms with Crippen LogP contribution in [0.3, 0.4) is 0 Å². The number of methoxy groups -OCH3 is 1. The van der Waals surface area contributed by atoms with Crippen LogP contribution >= 0.6 is 0 Å². The zero-order chi connectivity index (χ0) is 10.8. The number of hydrogen-bond acceptors (Lipinski definition) is 2. The van der Waals surface area contributed by atoms with Crippen LogP contribution in [0.4, 0.5) is 0 Å². The molecule has 0 spiro atoms. The van der Waals surface area contributed by atoms with Gasteiger partial charge in [0.2, 0.25) is 0 Å². The highest BCUT2D eigenvalue weighted by molar-refractivity contribution is 4.73. The maximum atomic E-state index is 5.59. The summed E-state index contributed by atoms with van der Waals surface area (Å²) in [6.45, 7) is 8.58.